The van der Waals surface area contributed by atoms with Crippen LogP contribution in [-0.2, 0) is 6.42 Å². The van der Waals surface area contributed by atoms with E-state index >= 15 is 0 Å². The van der Waals surface area contributed by atoms with Crippen molar-refractivity contribution in [2.45, 2.75) is 58.2 Å². The van der Waals surface area contributed by atoms with Crippen LogP contribution in [-0.4, -0.2) is 71.5 Å². The van der Waals surface area contributed by atoms with Gasteiger partial charge >= 0.3 is 6.18 Å². The lowest BCUT2D eigenvalue weighted by Crippen LogP contribution is -2.42. The van der Waals surface area contributed by atoms with Crippen molar-refractivity contribution in [3.05, 3.63) is 69.3 Å². The lowest BCUT2D eigenvalue weighted by atomic mass is 9.92. The summed E-state index contributed by atoms with van der Waals surface area (Å²) in [5.74, 6) is -1.68. The SMILES string of the molecule is CC(C)N1CCC(CNC(=O)c2ccc(-c3ccc(Cl)cc3Cl)nc2N2CCCC(Cc3ccc(C(=O)C(F)(F)F)c(N)n3)C2)CC1. The third-order valence-corrected chi connectivity index (χ3v) is 9.61. The number of hydrogen-bond donors (Lipinski definition) is 2. The number of nitrogens with zero attached hydrogens (tertiary/aromatic N) is 4. The van der Waals surface area contributed by atoms with Gasteiger partial charge in [-0.05, 0) is 113 Å². The summed E-state index contributed by atoms with van der Waals surface area (Å²) in [6.07, 6.45) is -0.923. The van der Waals surface area contributed by atoms with Gasteiger partial charge in [0.2, 0.25) is 0 Å². The maximum atomic E-state index is 13.7. The average Bonchev–Trinajstić information content (AvgIpc) is 3.03. The number of carbonyl (C=O) groups is 2. The van der Waals surface area contributed by atoms with Crippen LogP contribution in [0.25, 0.3) is 11.3 Å². The second-order valence-electron chi connectivity index (χ2n) is 12.7. The van der Waals surface area contributed by atoms with Crippen molar-refractivity contribution in [1.29, 1.82) is 0 Å². The van der Waals surface area contributed by atoms with Gasteiger partial charge in [0.1, 0.15) is 11.6 Å². The summed E-state index contributed by atoms with van der Waals surface area (Å²) in [4.78, 5) is 39.0. The first-order valence-electron chi connectivity index (χ1n) is 15.9. The second kappa shape index (κ2) is 14.8. The number of carbonyl (C=O) groups excluding carboxylic acids is 2. The van der Waals surface area contributed by atoms with E-state index in [9.17, 15) is 22.8 Å². The number of amides is 1. The van der Waals surface area contributed by atoms with Gasteiger partial charge in [0.15, 0.2) is 0 Å². The van der Waals surface area contributed by atoms with E-state index in [1.54, 1.807) is 30.3 Å². The highest BCUT2D eigenvalue weighted by Crippen LogP contribution is 2.34. The van der Waals surface area contributed by atoms with Gasteiger partial charge in [-0.25, -0.2) is 9.97 Å². The molecular weight excluding hydrogens is 652 g/mol. The van der Waals surface area contributed by atoms with E-state index in [0.717, 1.165) is 44.8 Å². The molecule has 3 N–H and O–H groups in total. The molecular formula is C34H39Cl2F3N6O2. The molecule has 1 unspecified atom stereocenters. The molecule has 5 rings (SSSR count). The molecule has 4 heterocycles. The van der Waals surface area contributed by atoms with E-state index in [0.29, 0.717) is 76.4 Å². The number of aromatic nitrogens is 2. The molecule has 1 aromatic carbocycles. The Morgan fingerprint density at radius 2 is 1.70 bits per heavy atom. The summed E-state index contributed by atoms with van der Waals surface area (Å²) in [6.45, 7) is 8.19. The van der Waals surface area contributed by atoms with Crippen molar-refractivity contribution in [2.75, 3.05) is 43.4 Å². The van der Waals surface area contributed by atoms with Crippen LogP contribution in [0, 0.1) is 11.8 Å². The smallest absolute Gasteiger partial charge is 0.383 e. The van der Waals surface area contributed by atoms with E-state index in [4.69, 9.17) is 33.9 Å². The highest BCUT2D eigenvalue weighted by atomic mass is 35.5. The van der Waals surface area contributed by atoms with E-state index in [-0.39, 0.29) is 11.8 Å². The van der Waals surface area contributed by atoms with Gasteiger partial charge in [-0.3, -0.25) is 9.59 Å². The Hall–Kier alpha value is -3.41. The zero-order chi connectivity index (χ0) is 33.9. The van der Waals surface area contributed by atoms with Crippen molar-refractivity contribution < 1.29 is 22.8 Å². The summed E-state index contributed by atoms with van der Waals surface area (Å²) in [5.41, 5.74) is 7.34. The van der Waals surface area contributed by atoms with Gasteiger partial charge in [-0.15, -0.1) is 0 Å². The number of pyridine rings is 2. The summed E-state index contributed by atoms with van der Waals surface area (Å²) in [6, 6.07) is 11.7. The fraction of sp³-hybridized carbons (Fsp3) is 0.471. The zero-order valence-corrected chi connectivity index (χ0v) is 27.9. The lowest BCUT2D eigenvalue weighted by Gasteiger charge is -2.35. The number of rotatable bonds is 9. The van der Waals surface area contributed by atoms with Gasteiger partial charge in [-0.1, -0.05) is 23.2 Å². The molecule has 2 saturated heterocycles. The first-order valence-corrected chi connectivity index (χ1v) is 16.7. The Kier molecular flexibility index (Phi) is 11.0. The van der Waals surface area contributed by atoms with Crippen molar-refractivity contribution in [2.24, 2.45) is 11.8 Å². The fourth-order valence-electron chi connectivity index (χ4n) is 6.41. The molecule has 3 aromatic rings. The molecule has 0 bridgehead atoms. The molecule has 2 aromatic heterocycles. The fourth-order valence-corrected chi connectivity index (χ4v) is 6.92. The van der Waals surface area contributed by atoms with Crippen LogP contribution in [0.2, 0.25) is 10.0 Å². The number of ketones is 1. The monoisotopic (exact) mass is 690 g/mol. The van der Waals surface area contributed by atoms with E-state index in [2.05, 4.69) is 33.9 Å². The molecule has 13 heteroatoms. The topological polar surface area (TPSA) is 104 Å². The minimum Gasteiger partial charge on any atom is -0.383 e. The number of nitrogens with one attached hydrogen (secondary N) is 1. The summed E-state index contributed by atoms with van der Waals surface area (Å²) < 4.78 is 38.9. The van der Waals surface area contributed by atoms with Crippen LogP contribution < -0.4 is 16.0 Å². The van der Waals surface area contributed by atoms with Crippen molar-refractivity contribution in [3.8, 4) is 11.3 Å². The number of alkyl halides is 3. The summed E-state index contributed by atoms with van der Waals surface area (Å²) in [5, 5.41) is 4.09. The highest BCUT2D eigenvalue weighted by molar-refractivity contribution is 6.36. The quantitative estimate of drug-likeness (QED) is 0.231. The van der Waals surface area contributed by atoms with Crippen LogP contribution in [0.5, 0.6) is 0 Å². The van der Waals surface area contributed by atoms with Gasteiger partial charge in [0.05, 0.1) is 21.8 Å². The Morgan fingerprint density at radius 1 is 0.979 bits per heavy atom. The maximum Gasteiger partial charge on any atom is 0.455 e. The molecule has 8 nitrogen and oxygen atoms in total. The number of nitrogen functional groups attached to an aromatic ring is 1. The van der Waals surface area contributed by atoms with E-state index in [1.807, 2.05) is 0 Å². The summed E-state index contributed by atoms with van der Waals surface area (Å²) >= 11 is 12.7. The lowest BCUT2D eigenvalue weighted by molar-refractivity contribution is -0.0884. The molecule has 0 aliphatic carbocycles. The van der Waals surface area contributed by atoms with Crippen LogP contribution in [0.1, 0.15) is 65.9 Å². The minimum atomic E-state index is -5.03. The molecule has 1 amide bonds. The largest absolute Gasteiger partial charge is 0.455 e. The Labute approximate surface area is 282 Å². The molecule has 252 valence electrons. The maximum absolute atomic E-state index is 13.7. The standard InChI is InChI=1S/C34H39Cl2F3N6O2/c1-20(2)44-14-11-21(12-15-44)18-41-33(47)27-9-10-29(25-7-5-23(35)17-28(25)36)43-32(27)45-13-3-4-22(19-45)16-24-6-8-26(31(40)42-24)30(46)34(37,38)39/h5-10,17,20-22H,3-4,11-16,18-19H2,1-2H3,(H2,40,42)(H,41,47). The predicted molar refractivity (Wildman–Crippen MR) is 179 cm³/mol. The number of piperidine rings is 2. The third-order valence-electron chi connectivity index (χ3n) is 9.06. The second-order valence-corrected chi connectivity index (χ2v) is 13.5. The highest BCUT2D eigenvalue weighted by Gasteiger charge is 2.40. The molecule has 1 atom stereocenters. The summed E-state index contributed by atoms with van der Waals surface area (Å²) in [7, 11) is 0. The number of benzene rings is 1. The third kappa shape index (κ3) is 8.55. The van der Waals surface area contributed by atoms with E-state index < -0.39 is 23.3 Å². The number of likely N-dealkylation sites (tertiary alicyclic amines) is 1. The van der Waals surface area contributed by atoms with E-state index in [1.165, 1.54) is 6.07 Å². The van der Waals surface area contributed by atoms with Crippen LogP contribution >= 0.6 is 23.2 Å². The Balaban J connectivity index is 1.36. The minimum absolute atomic E-state index is 0.0476. The number of nitrogens with two attached hydrogens (primary N) is 1. The predicted octanol–water partition coefficient (Wildman–Crippen LogP) is 7.09. The molecule has 47 heavy (non-hydrogen) atoms. The molecule has 0 spiro atoms. The van der Waals surface area contributed by atoms with Gasteiger partial charge in [-0.2, -0.15) is 13.2 Å². The normalized spacial score (nSPS) is 18.0. The van der Waals surface area contributed by atoms with Crippen molar-refractivity contribution in [3.63, 3.8) is 0 Å². The van der Waals surface area contributed by atoms with Crippen LogP contribution in [0.3, 0.4) is 0 Å². The van der Waals surface area contributed by atoms with Gasteiger partial charge in [0, 0.05) is 42.0 Å². The average molecular weight is 692 g/mol. The zero-order valence-electron chi connectivity index (χ0n) is 26.4. The molecule has 2 aliphatic heterocycles. The molecule has 2 fully saturated rings. The van der Waals surface area contributed by atoms with Crippen molar-refractivity contribution in [1.82, 2.24) is 20.2 Å². The Morgan fingerprint density at radius 3 is 2.36 bits per heavy atom. The van der Waals surface area contributed by atoms with Crippen LogP contribution in [0.4, 0.5) is 24.8 Å². The van der Waals surface area contributed by atoms with Gasteiger partial charge in [0.25, 0.3) is 11.7 Å². The Bertz CT molecular complexity index is 1610. The van der Waals surface area contributed by atoms with Gasteiger partial charge < -0.3 is 20.9 Å². The number of halogens is 5. The molecule has 0 radical (unpaired) electrons. The van der Waals surface area contributed by atoms with Crippen LogP contribution in [0.15, 0.2) is 42.5 Å². The molecule has 2 aliphatic rings. The van der Waals surface area contributed by atoms with Crippen molar-refractivity contribution >= 4 is 46.5 Å². The number of Topliss-reactive ketones (excluding diaryl/α,β-unsaturated/α-hetero) is 1. The molecule has 0 saturated carbocycles. The number of hydrogen-bond acceptors (Lipinski definition) is 7. The first kappa shape index (κ1) is 34.9. The number of anilines is 2. The first-order chi connectivity index (χ1) is 22.3.